The Kier molecular flexibility index (Phi) is 5.98. The molecule has 3 N–H and O–H groups in total. The SMILES string of the molecule is CN(C)CCn1ncc(Br)c1C(CC1CCOC1)NN. The van der Waals surface area contributed by atoms with Crippen LogP contribution in [0.1, 0.15) is 24.6 Å². The van der Waals surface area contributed by atoms with Gasteiger partial charge in [-0.15, -0.1) is 0 Å². The number of aromatic nitrogens is 2. The van der Waals surface area contributed by atoms with Crippen molar-refractivity contribution in [3.05, 3.63) is 16.4 Å². The van der Waals surface area contributed by atoms with Crippen LogP contribution >= 0.6 is 15.9 Å². The largest absolute Gasteiger partial charge is 0.381 e. The topological polar surface area (TPSA) is 68.3 Å². The first kappa shape index (κ1) is 15.9. The third kappa shape index (κ3) is 4.02. The summed E-state index contributed by atoms with van der Waals surface area (Å²) in [6.45, 7) is 3.50. The molecule has 0 bridgehead atoms. The molecule has 2 atom stereocenters. The Morgan fingerprint density at radius 1 is 1.65 bits per heavy atom. The summed E-state index contributed by atoms with van der Waals surface area (Å²) in [6, 6.07) is 0.0979. The molecule has 0 aliphatic carbocycles. The minimum atomic E-state index is 0.0979. The van der Waals surface area contributed by atoms with Gasteiger partial charge in [-0.2, -0.15) is 5.10 Å². The van der Waals surface area contributed by atoms with Crippen LogP contribution in [0.3, 0.4) is 0 Å². The molecule has 0 spiro atoms. The molecule has 1 saturated heterocycles. The fourth-order valence-corrected chi connectivity index (χ4v) is 3.12. The summed E-state index contributed by atoms with van der Waals surface area (Å²) in [5.74, 6) is 6.34. The quantitative estimate of drug-likeness (QED) is 0.572. The van der Waals surface area contributed by atoms with E-state index in [9.17, 15) is 0 Å². The van der Waals surface area contributed by atoms with Crippen molar-refractivity contribution in [3.8, 4) is 0 Å². The summed E-state index contributed by atoms with van der Waals surface area (Å²) >= 11 is 3.59. The van der Waals surface area contributed by atoms with Crippen LogP contribution in [-0.2, 0) is 11.3 Å². The van der Waals surface area contributed by atoms with Crippen molar-refractivity contribution < 1.29 is 4.74 Å². The van der Waals surface area contributed by atoms with E-state index in [0.717, 1.165) is 49.3 Å². The summed E-state index contributed by atoms with van der Waals surface area (Å²) in [5, 5.41) is 4.45. The zero-order valence-electron chi connectivity index (χ0n) is 12.2. The Labute approximate surface area is 128 Å². The average molecular weight is 346 g/mol. The van der Waals surface area contributed by atoms with Crippen molar-refractivity contribution in [2.45, 2.75) is 25.4 Å². The molecule has 6 nitrogen and oxygen atoms in total. The molecular weight excluding hydrogens is 322 g/mol. The second-order valence-corrected chi connectivity index (χ2v) is 6.44. The fraction of sp³-hybridized carbons (Fsp3) is 0.769. The van der Waals surface area contributed by atoms with Crippen LogP contribution in [0.2, 0.25) is 0 Å². The number of hydrogen-bond donors (Lipinski definition) is 2. The highest BCUT2D eigenvalue weighted by atomic mass is 79.9. The summed E-state index contributed by atoms with van der Waals surface area (Å²) in [7, 11) is 4.12. The highest BCUT2D eigenvalue weighted by Gasteiger charge is 2.25. The smallest absolute Gasteiger partial charge is 0.0709 e. The first-order chi connectivity index (χ1) is 9.61. The number of ether oxygens (including phenoxy) is 1. The molecule has 0 aromatic carbocycles. The van der Waals surface area contributed by atoms with Crippen LogP contribution in [0.15, 0.2) is 10.7 Å². The van der Waals surface area contributed by atoms with Gasteiger partial charge in [0.25, 0.3) is 0 Å². The predicted octanol–water partition coefficient (Wildman–Crippen LogP) is 1.14. The van der Waals surface area contributed by atoms with Gasteiger partial charge in [0.05, 0.1) is 29.0 Å². The van der Waals surface area contributed by atoms with Crippen LogP contribution in [0.25, 0.3) is 0 Å². The summed E-state index contributed by atoms with van der Waals surface area (Å²) < 4.78 is 8.49. The van der Waals surface area contributed by atoms with E-state index in [2.05, 4.69) is 45.4 Å². The van der Waals surface area contributed by atoms with Crippen LogP contribution in [0, 0.1) is 5.92 Å². The van der Waals surface area contributed by atoms with E-state index >= 15 is 0 Å². The van der Waals surface area contributed by atoms with E-state index in [1.807, 2.05) is 10.9 Å². The standard InChI is InChI=1S/C13H24BrN5O/c1-18(2)4-5-19-13(11(14)8-16-19)12(17-15)7-10-3-6-20-9-10/h8,10,12,17H,3-7,9,15H2,1-2H3. The van der Waals surface area contributed by atoms with Gasteiger partial charge in [-0.25, -0.2) is 0 Å². The lowest BCUT2D eigenvalue weighted by atomic mass is 9.97. The lowest BCUT2D eigenvalue weighted by molar-refractivity contribution is 0.181. The number of hydrogen-bond acceptors (Lipinski definition) is 5. The Morgan fingerprint density at radius 3 is 3.05 bits per heavy atom. The van der Waals surface area contributed by atoms with Crippen LogP contribution in [0.5, 0.6) is 0 Å². The molecule has 1 aromatic heterocycles. The molecule has 7 heteroatoms. The van der Waals surface area contributed by atoms with E-state index in [4.69, 9.17) is 10.6 Å². The maximum absolute atomic E-state index is 5.77. The Hall–Kier alpha value is -0.470. The molecule has 0 saturated carbocycles. The third-order valence-electron chi connectivity index (χ3n) is 3.72. The van der Waals surface area contributed by atoms with Crippen molar-refractivity contribution in [3.63, 3.8) is 0 Å². The number of nitrogens with one attached hydrogen (secondary N) is 1. The molecule has 0 amide bonds. The van der Waals surface area contributed by atoms with Crippen molar-refractivity contribution in [2.24, 2.45) is 11.8 Å². The maximum atomic E-state index is 5.77. The van der Waals surface area contributed by atoms with Crippen LogP contribution < -0.4 is 11.3 Å². The van der Waals surface area contributed by atoms with Crippen molar-refractivity contribution in [1.82, 2.24) is 20.1 Å². The van der Waals surface area contributed by atoms with Gasteiger partial charge in [-0.3, -0.25) is 16.0 Å². The maximum Gasteiger partial charge on any atom is 0.0709 e. The molecule has 20 heavy (non-hydrogen) atoms. The monoisotopic (exact) mass is 345 g/mol. The van der Waals surface area contributed by atoms with Gasteiger partial charge in [0, 0.05) is 19.8 Å². The lowest BCUT2D eigenvalue weighted by Crippen LogP contribution is -2.32. The molecule has 2 heterocycles. The first-order valence-corrected chi connectivity index (χ1v) is 7.81. The number of rotatable bonds is 7. The number of likely N-dealkylation sites (N-methyl/N-ethyl adjacent to an activating group) is 1. The Bertz CT molecular complexity index is 417. The molecule has 2 unspecified atom stereocenters. The first-order valence-electron chi connectivity index (χ1n) is 7.01. The van der Waals surface area contributed by atoms with Gasteiger partial charge in [-0.05, 0) is 48.8 Å². The normalized spacial score (nSPS) is 20.8. The number of nitrogens with zero attached hydrogens (tertiary/aromatic N) is 3. The third-order valence-corrected chi connectivity index (χ3v) is 4.33. The zero-order chi connectivity index (χ0) is 14.5. The lowest BCUT2D eigenvalue weighted by Gasteiger charge is -2.21. The van der Waals surface area contributed by atoms with Gasteiger partial charge in [-0.1, -0.05) is 0 Å². The van der Waals surface area contributed by atoms with Crippen molar-refractivity contribution in [1.29, 1.82) is 0 Å². The summed E-state index contributed by atoms with van der Waals surface area (Å²) in [5.41, 5.74) is 4.07. The molecule has 2 rings (SSSR count). The second-order valence-electron chi connectivity index (χ2n) is 5.59. The van der Waals surface area contributed by atoms with E-state index in [0.29, 0.717) is 5.92 Å². The molecule has 1 aliphatic heterocycles. The Morgan fingerprint density at radius 2 is 2.45 bits per heavy atom. The highest BCUT2D eigenvalue weighted by molar-refractivity contribution is 9.10. The van der Waals surface area contributed by atoms with E-state index in [1.54, 1.807) is 0 Å². The molecule has 1 aromatic rings. The number of halogens is 1. The Balaban J connectivity index is 2.08. The molecule has 1 aliphatic rings. The molecular formula is C13H24BrN5O. The minimum absolute atomic E-state index is 0.0979. The van der Waals surface area contributed by atoms with Crippen molar-refractivity contribution >= 4 is 15.9 Å². The summed E-state index contributed by atoms with van der Waals surface area (Å²) in [4.78, 5) is 2.15. The average Bonchev–Trinajstić information content (AvgIpc) is 3.03. The van der Waals surface area contributed by atoms with Gasteiger partial charge in [0.2, 0.25) is 0 Å². The van der Waals surface area contributed by atoms with Crippen LogP contribution in [-0.4, -0.2) is 48.5 Å². The number of nitrogens with two attached hydrogens (primary N) is 1. The zero-order valence-corrected chi connectivity index (χ0v) is 13.8. The minimum Gasteiger partial charge on any atom is -0.381 e. The molecule has 114 valence electrons. The van der Waals surface area contributed by atoms with E-state index < -0.39 is 0 Å². The van der Waals surface area contributed by atoms with Gasteiger partial charge < -0.3 is 9.64 Å². The van der Waals surface area contributed by atoms with Crippen molar-refractivity contribution in [2.75, 3.05) is 33.9 Å². The van der Waals surface area contributed by atoms with Gasteiger partial charge >= 0.3 is 0 Å². The summed E-state index contributed by atoms with van der Waals surface area (Å²) in [6.07, 6.45) is 3.94. The van der Waals surface area contributed by atoms with Crippen LogP contribution in [0.4, 0.5) is 0 Å². The van der Waals surface area contributed by atoms with Gasteiger partial charge in [0.1, 0.15) is 0 Å². The second kappa shape index (κ2) is 7.51. The number of hydrazine groups is 1. The van der Waals surface area contributed by atoms with E-state index in [-0.39, 0.29) is 6.04 Å². The molecule has 1 fully saturated rings. The van der Waals surface area contributed by atoms with E-state index in [1.165, 1.54) is 0 Å². The van der Waals surface area contributed by atoms with Gasteiger partial charge in [0.15, 0.2) is 0 Å². The highest BCUT2D eigenvalue weighted by Crippen LogP contribution is 2.30. The molecule has 0 radical (unpaired) electrons. The predicted molar refractivity (Wildman–Crippen MR) is 82.1 cm³/mol. The fourth-order valence-electron chi connectivity index (χ4n) is 2.55.